The molecule has 2 aliphatic rings. The van der Waals surface area contributed by atoms with Gasteiger partial charge < -0.3 is 5.32 Å². The molecule has 0 bridgehead atoms. The van der Waals surface area contributed by atoms with Gasteiger partial charge in [0.05, 0.1) is 0 Å². The lowest BCUT2D eigenvalue weighted by Crippen LogP contribution is -2.44. The predicted molar refractivity (Wildman–Crippen MR) is 95.4 cm³/mol. The summed E-state index contributed by atoms with van der Waals surface area (Å²) in [5.74, 6) is 0.361. The number of hydrogen-bond donors (Lipinski definition) is 1. The van der Waals surface area contributed by atoms with Crippen molar-refractivity contribution < 1.29 is 13.2 Å². The van der Waals surface area contributed by atoms with Crippen LogP contribution in [-0.4, -0.2) is 37.8 Å². The number of nitrogens with one attached hydrogen (secondary N) is 1. The molecule has 0 spiro atoms. The molecule has 1 amide bonds. The molecule has 1 saturated heterocycles. The number of hydrogen-bond acceptors (Lipinski definition) is 4. The highest BCUT2D eigenvalue weighted by Crippen LogP contribution is 2.30. The molecule has 1 aliphatic heterocycles. The van der Waals surface area contributed by atoms with Gasteiger partial charge in [-0.2, -0.15) is 4.31 Å². The quantitative estimate of drug-likeness (QED) is 0.867. The van der Waals surface area contributed by atoms with Crippen LogP contribution in [0.25, 0.3) is 0 Å². The van der Waals surface area contributed by atoms with E-state index in [1.54, 1.807) is 21.8 Å². The summed E-state index contributed by atoms with van der Waals surface area (Å²) in [6.07, 6.45) is 6.11. The maximum absolute atomic E-state index is 12.5. The number of piperidine rings is 1. The Balaban J connectivity index is 1.53. The summed E-state index contributed by atoms with van der Waals surface area (Å²) in [5, 5.41) is 4.96. The van der Waals surface area contributed by atoms with Gasteiger partial charge in [0, 0.05) is 25.0 Å². The highest BCUT2D eigenvalue weighted by atomic mass is 32.2. The van der Waals surface area contributed by atoms with Crippen LogP contribution in [0.15, 0.2) is 21.7 Å². The maximum Gasteiger partial charge on any atom is 0.252 e. The highest BCUT2D eigenvalue weighted by Gasteiger charge is 2.34. The average Bonchev–Trinajstić information content (AvgIpc) is 3.28. The molecule has 1 N–H and O–H groups in total. The van der Waals surface area contributed by atoms with Crippen LogP contribution >= 0.6 is 11.3 Å². The first-order valence-corrected chi connectivity index (χ1v) is 11.1. The Labute approximate surface area is 148 Å². The van der Waals surface area contributed by atoms with Crippen LogP contribution in [0.5, 0.6) is 0 Å². The monoisotopic (exact) mass is 370 g/mol. The first-order chi connectivity index (χ1) is 11.5. The van der Waals surface area contributed by atoms with E-state index in [9.17, 15) is 13.2 Å². The Morgan fingerprint density at radius 1 is 1.25 bits per heavy atom. The third kappa shape index (κ3) is 3.83. The molecule has 3 rings (SSSR count). The highest BCUT2D eigenvalue weighted by molar-refractivity contribution is 7.91. The standard InChI is InChI=1S/C17H26N2O3S2/c1-13(17(20)18-15-5-2-3-6-15)14-8-10-19(11-9-14)24(21,22)16-7-4-12-23-16/h4,7,12-15H,2-3,5-6,8-11H2,1H3,(H,18,20)/t13-/m0/s1. The minimum atomic E-state index is -3.36. The summed E-state index contributed by atoms with van der Waals surface area (Å²) >= 11 is 1.26. The van der Waals surface area contributed by atoms with Crippen LogP contribution in [0.2, 0.25) is 0 Å². The van der Waals surface area contributed by atoms with E-state index in [0.29, 0.717) is 23.3 Å². The van der Waals surface area contributed by atoms with E-state index in [-0.39, 0.29) is 17.7 Å². The second kappa shape index (κ2) is 7.54. The summed E-state index contributed by atoms with van der Waals surface area (Å²) < 4.78 is 27.1. The van der Waals surface area contributed by atoms with Crippen LogP contribution < -0.4 is 5.32 Å². The van der Waals surface area contributed by atoms with Gasteiger partial charge in [-0.15, -0.1) is 11.3 Å². The summed E-state index contributed by atoms with van der Waals surface area (Å²) in [6, 6.07) is 3.77. The van der Waals surface area contributed by atoms with E-state index < -0.39 is 10.0 Å². The Kier molecular flexibility index (Phi) is 5.62. The second-order valence-electron chi connectivity index (χ2n) is 6.95. The van der Waals surface area contributed by atoms with Crippen LogP contribution in [0.3, 0.4) is 0 Å². The largest absolute Gasteiger partial charge is 0.353 e. The summed E-state index contributed by atoms with van der Waals surface area (Å²) in [7, 11) is -3.36. The molecule has 1 aromatic rings. The van der Waals surface area contributed by atoms with Crippen molar-refractivity contribution in [1.82, 2.24) is 9.62 Å². The van der Waals surface area contributed by atoms with E-state index in [2.05, 4.69) is 5.32 Å². The zero-order chi connectivity index (χ0) is 17.2. The van der Waals surface area contributed by atoms with Crippen molar-refractivity contribution in [2.75, 3.05) is 13.1 Å². The van der Waals surface area contributed by atoms with Crippen LogP contribution in [0.1, 0.15) is 45.4 Å². The molecule has 2 heterocycles. The molecule has 7 heteroatoms. The molecule has 1 aliphatic carbocycles. The third-order valence-corrected chi connectivity index (χ3v) is 8.68. The van der Waals surface area contributed by atoms with Gasteiger partial charge >= 0.3 is 0 Å². The van der Waals surface area contributed by atoms with E-state index in [1.807, 2.05) is 6.92 Å². The molecule has 1 aromatic heterocycles. The molecule has 0 unspecified atom stereocenters. The van der Waals surface area contributed by atoms with Crippen LogP contribution in [0.4, 0.5) is 0 Å². The minimum absolute atomic E-state index is 0.0443. The van der Waals surface area contributed by atoms with Crippen molar-refractivity contribution in [2.45, 2.75) is 55.7 Å². The molecule has 2 fully saturated rings. The van der Waals surface area contributed by atoms with Gasteiger partial charge in [0.25, 0.3) is 10.0 Å². The molecule has 5 nitrogen and oxygen atoms in total. The van der Waals surface area contributed by atoms with Crippen molar-refractivity contribution in [3.8, 4) is 0 Å². The lowest BCUT2D eigenvalue weighted by Gasteiger charge is -2.33. The number of amides is 1. The van der Waals surface area contributed by atoms with Crippen molar-refractivity contribution in [3.63, 3.8) is 0 Å². The fraction of sp³-hybridized carbons (Fsp3) is 0.706. The molecule has 134 valence electrons. The zero-order valence-electron chi connectivity index (χ0n) is 14.1. The van der Waals surface area contributed by atoms with Crippen molar-refractivity contribution in [1.29, 1.82) is 0 Å². The lowest BCUT2D eigenvalue weighted by atomic mass is 9.85. The first kappa shape index (κ1) is 17.9. The number of sulfonamides is 1. The number of carbonyl (C=O) groups excluding carboxylic acids is 1. The molecular weight excluding hydrogens is 344 g/mol. The Morgan fingerprint density at radius 3 is 2.50 bits per heavy atom. The normalized spacial score (nSPS) is 22.5. The summed E-state index contributed by atoms with van der Waals surface area (Å²) in [5.41, 5.74) is 0. The molecule has 1 atom stereocenters. The topological polar surface area (TPSA) is 66.5 Å². The smallest absolute Gasteiger partial charge is 0.252 e. The average molecular weight is 371 g/mol. The van der Waals surface area contributed by atoms with E-state index >= 15 is 0 Å². The zero-order valence-corrected chi connectivity index (χ0v) is 15.7. The number of nitrogens with zero attached hydrogens (tertiary/aromatic N) is 1. The van der Waals surface area contributed by atoms with Gasteiger partial charge in [-0.1, -0.05) is 25.8 Å². The lowest BCUT2D eigenvalue weighted by molar-refractivity contribution is -0.127. The number of rotatable bonds is 5. The van der Waals surface area contributed by atoms with Gasteiger partial charge in [-0.3, -0.25) is 4.79 Å². The minimum Gasteiger partial charge on any atom is -0.353 e. The maximum atomic E-state index is 12.5. The second-order valence-corrected chi connectivity index (χ2v) is 10.1. The van der Waals surface area contributed by atoms with Crippen LogP contribution in [0, 0.1) is 11.8 Å². The predicted octanol–water partition coefficient (Wildman–Crippen LogP) is 2.84. The van der Waals surface area contributed by atoms with E-state index in [4.69, 9.17) is 0 Å². The van der Waals surface area contributed by atoms with Gasteiger partial charge in [0.1, 0.15) is 4.21 Å². The van der Waals surface area contributed by atoms with Gasteiger partial charge in [-0.05, 0) is 43.0 Å². The number of thiophene rings is 1. The SMILES string of the molecule is C[C@H](C(=O)NC1CCCC1)C1CCN(S(=O)(=O)c2cccs2)CC1. The van der Waals surface area contributed by atoms with Gasteiger partial charge in [-0.25, -0.2) is 8.42 Å². The molecule has 0 aromatic carbocycles. The van der Waals surface area contributed by atoms with Gasteiger partial charge in [0.15, 0.2) is 0 Å². The molecule has 0 radical (unpaired) electrons. The third-order valence-electron chi connectivity index (χ3n) is 5.41. The molecule has 1 saturated carbocycles. The molecule has 24 heavy (non-hydrogen) atoms. The fourth-order valence-corrected chi connectivity index (χ4v) is 6.38. The Hall–Kier alpha value is -0.920. The Bertz CT molecular complexity index is 643. The summed E-state index contributed by atoms with van der Waals surface area (Å²) in [6.45, 7) is 3.00. The number of carbonyl (C=O) groups is 1. The first-order valence-electron chi connectivity index (χ1n) is 8.82. The van der Waals surface area contributed by atoms with Gasteiger partial charge in [0.2, 0.25) is 5.91 Å². The van der Waals surface area contributed by atoms with E-state index in [1.165, 1.54) is 24.2 Å². The Morgan fingerprint density at radius 2 is 1.92 bits per heavy atom. The van der Waals surface area contributed by atoms with Crippen molar-refractivity contribution in [2.24, 2.45) is 11.8 Å². The molecular formula is C17H26N2O3S2. The fourth-order valence-electron chi connectivity index (χ4n) is 3.77. The van der Waals surface area contributed by atoms with Crippen molar-refractivity contribution in [3.05, 3.63) is 17.5 Å². The van der Waals surface area contributed by atoms with Crippen molar-refractivity contribution >= 4 is 27.3 Å². The summed E-state index contributed by atoms with van der Waals surface area (Å²) in [4.78, 5) is 12.4. The van der Waals surface area contributed by atoms with Crippen LogP contribution in [-0.2, 0) is 14.8 Å². The van der Waals surface area contributed by atoms with E-state index in [0.717, 1.165) is 25.7 Å².